The number of ether oxygens (including phenoxy) is 2. The van der Waals surface area contributed by atoms with Gasteiger partial charge in [0.2, 0.25) is 0 Å². The van der Waals surface area contributed by atoms with E-state index in [1.54, 1.807) is 0 Å². The van der Waals surface area contributed by atoms with Gasteiger partial charge in [0.05, 0.1) is 12.7 Å². The first-order chi connectivity index (χ1) is 11.4. The quantitative estimate of drug-likeness (QED) is 0.797. The highest BCUT2D eigenvalue weighted by Gasteiger charge is 2.51. The molecule has 24 heavy (non-hydrogen) atoms. The predicted octanol–water partition coefficient (Wildman–Crippen LogP) is 2.48. The van der Waals surface area contributed by atoms with E-state index in [0.29, 0.717) is 18.0 Å². The van der Waals surface area contributed by atoms with Crippen molar-refractivity contribution >= 4 is 11.9 Å². The summed E-state index contributed by atoms with van der Waals surface area (Å²) in [5.74, 6) is -1.04. The highest BCUT2D eigenvalue weighted by molar-refractivity contribution is 5.93. The standard InChI is InChI=1S/C19H25NO4/c1-11-6-5-7-12(2)16(11)19(22)24-15-10-13-8-9-14(20(13)3)17(15)18(21)23-4/h5-7,13-15,17H,8-10H2,1-4H3/t13-,14+,15-,17+/m0/s1. The normalized spacial score (nSPS) is 29.3. The molecule has 0 unspecified atom stereocenters. The summed E-state index contributed by atoms with van der Waals surface area (Å²) in [5, 5.41) is 0. The van der Waals surface area contributed by atoms with Gasteiger partial charge in [-0.1, -0.05) is 18.2 Å². The van der Waals surface area contributed by atoms with Crippen molar-refractivity contribution in [2.45, 2.75) is 51.3 Å². The maximum Gasteiger partial charge on any atom is 0.338 e. The van der Waals surface area contributed by atoms with Crippen LogP contribution in [0.4, 0.5) is 0 Å². The van der Waals surface area contributed by atoms with Gasteiger partial charge in [-0.05, 0) is 44.9 Å². The van der Waals surface area contributed by atoms with Crippen molar-refractivity contribution in [3.8, 4) is 0 Å². The number of carbonyl (C=O) groups excluding carboxylic acids is 2. The van der Waals surface area contributed by atoms with Gasteiger partial charge in [0.25, 0.3) is 0 Å². The highest BCUT2D eigenvalue weighted by Crippen LogP contribution is 2.40. The summed E-state index contributed by atoms with van der Waals surface area (Å²) >= 11 is 0. The first-order valence-corrected chi connectivity index (χ1v) is 8.51. The van der Waals surface area contributed by atoms with E-state index in [1.165, 1.54) is 7.11 Å². The second-order valence-corrected chi connectivity index (χ2v) is 6.96. The summed E-state index contributed by atoms with van der Waals surface area (Å²) in [7, 11) is 3.44. The number of hydrogen-bond donors (Lipinski definition) is 0. The summed E-state index contributed by atoms with van der Waals surface area (Å²) in [6.45, 7) is 3.81. The van der Waals surface area contributed by atoms with Crippen molar-refractivity contribution in [2.75, 3.05) is 14.2 Å². The molecular weight excluding hydrogens is 306 g/mol. The van der Waals surface area contributed by atoms with E-state index in [1.807, 2.05) is 39.1 Å². The van der Waals surface area contributed by atoms with Crippen LogP contribution in [-0.4, -0.2) is 49.2 Å². The molecule has 2 aliphatic rings. The van der Waals surface area contributed by atoms with Crippen LogP contribution in [0.25, 0.3) is 0 Å². The molecule has 0 N–H and O–H groups in total. The lowest BCUT2D eigenvalue weighted by molar-refractivity contribution is -0.156. The highest BCUT2D eigenvalue weighted by atomic mass is 16.6. The maximum absolute atomic E-state index is 12.7. The Hall–Kier alpha value is -1.88. The van der Waals surface area contributed by atoms with E-state index in [-0.39, 0.29) is 18.0 Å². The molecule has 0 aromatic heterocycles. The number of benzene rings is 1. The lowest BCUT2D eigenvalue weighted by atomic mass is 9.87. The second kappa shape index (κ2) is 6.55. The molecule has 0 aliphatic carbocycles. The van der Waals surface area contributed by atoms with Crippen LogP contribution in [0.5, 0.6) is 0 Å². The molecule has 5 heteroatoms. The summed E-state index contributed by atoms with van der Waals surface area (Å²) in [6.07, 6.45) is 2.24. The number of rotatable bonds is 3. The van der Waals surface area contributed by atoms with Crippen LogP contribution < -0.4 is 0 Å². The second-order valence-electron chi connectivity index (χ2n) is 6.96. The summed E-state index contributed by atoms with van der Waals surface area (Å²) in [5.41, 5.74) is 2.39. The molecular formula is C19H25NO4. The number of esters is 2. The van der Waals surface area contributed by atoms with Gasteiger partial charge < -0.3 is 9.47 Å². The maximum atomic E-state index is 12.7. The number of hydrogen-bond acceptors (Lipinski definition) is 5. The molecule has 3 rings (SSSR count). The summed E-state index contributed by atoms with van der Waals surface area (Å²) < 4.78 is 10.8. The van der Waals surface area contributed by atoms with Gasteiger partial charge in [0.1, 0.15) is 12.0 Å². The molecule has 2 fully saturated rings. The van der Waals surface area contributed by atoms with Gasteiger partial charge >= 0.3 is 11.9 Å². The average molecular weight is 331 g/mol. The monoisotopic (exact) mass is 331 g/mol. The Morgan fingerprint density at radius 1 is 1.17 bits per heavy atom. The number of piperidine rings is 1. The molecule has 130 valence electrons. The van der Waals surface area contributed by atoms with Crippen molar-refractivity contribution < 1.29 is 19.1 Å². The zero-order valence-electron chi connectivity index (χ0n) is 14.7. The van der Waals surface area contributed by atoms with Gasteiger partial charge in [0.15, 0.2) is 0 Å². The number of fused-ring (bicyclic) bond motifs is 2. The van der Waals surface area contributed by atoms with E-state index >= 15 is 0 Å². The Morgan fingerprint density at radius 2 is 1.83 bits per heavy atom. The molecule has 1 aromatic rings. The zero-order valence-corrected chi connectivity index (χ0v) is 14.7. The lowest BCUT2D eigenvalue weighted by Gasteiger charge is -2.40. The van der Waals surface area contributed by atoms with E-state index in [9.17, 15) is 9.59 Å². The lowest BCUT2D eigenvalue weighted by Crippen LogP contribution is -2.53. The van der Waals surface area contributed by atoms with E-state index in [2.05, 4.69) is 4.90 Å². The molecule has 0 amide bonds. The number of carbonyl (C=O) groups is 2. The summed E-state index contributed by atoms with van der Waals surface area (Å²) in [4.78, 5) is 27.3. The first kappa shape index (κ1) is 17.0. The zero-order chi connectivity index (χ0) is 17.4. The van der Waals surface area contributed by atoms with Crippen molar-refractivity contribution in [1.82, 2.24) is 4.90 Å². The minimum absolute atomic E-state index is 0.0898. The SMILES string of the molecule is COC(=O)[C@H]1[C@@H](OC(=O)c2c(C)cccc2C)C[C@@H]2CC[C@H]1N2C. The molecule has 2 saturated heterocycles. The molecule has 0 radical (unpaired) electrons. The Kier molecular flexibility index (Phi) is 4.63. The molecule has 4 atom stereocenters. The molecule has 5 nitrogen and oxygen atoms in total. The topological polar surface area (TPSA) is 55.8 Å². The van der Waals surface area contributed by atoms with Gasteiger partial charge in [-0.2, -0.15) is 0 Å². The number of methoxy groups -OCH3 is 1. The van der Waals surface area contributed by atoms with Crippen molar-refractivity contribution in [2.24, 2.45) is 5.92 Å². The number of nitrogens with zero attached hydrogens (tertiary/aromatic N) is 1. The largest absolute Gasteiger partial charge is 0.469 e. The number of aryl methyl sites for hydroxylation is 2. The molecule has 1 aromatic carbocycles. The third-order valence-corrected chi connectivity index (χ3v) is 5.63. The first-order valence-electron chi connectivity index (χ1n) is 8.51. The van der Waals surface area contributed by atoms with E-state index < -0.39 is 12.0 Å². The average Bonchev–Trinajstić information content (AvgIpc) is 2.78. The van der Waals surface area contributed by atoms with E-state index in [4.69, 9.17) is 9.47 Å². The fraction of sp³-hybridized carbons (Fsp3) is 0.579. The third kappa shape index (κ3) is 2.81. The van der Waals surface area contributed by atoms with Crippen LogP contribution in [0.2, 0.25) is 0 Å². The fourth-order valence-corrected chi connectivity index (χ4v) is 4.32. The van der Waals surface area contributed by atoms with Crippen molar-refractivity contribution in [3.63, 3.8) is 0 Å². The summed E-state index contributed by atoms with van der Waals surface area (Å²) in [6, 6.07) is 6.19. The smallest absolute Gasteiger partial charge is 0.338 e. The van der Waals surface area contributed by atoms with E-state index in [0.717, 1.165) is 24.0 Å². The molecule has 2 heterocycles. The van der Waals surface area contributed by atoms with Crippen LogP contribution in [0.3, 0.4) is 0 Å². The fourth-order valence-electron chi connectivity index (χ4n) is 4.32. The molecule has 2 aliphatic heterocycles. The predicted molar refractivity (Wildman–Crippen MR) is 89.8 cm³/mol. The Morgan fingerprint density at radius 3 is 2.46 bits per heavy atom. The molecule has 2 bridgehead atoms. The van der Waals surface area contributed by atoms with Gasteiger partial charge in [-0.15, -0.1) is 0 Å². The molecule has 0 saturated carbocycles. The Bertz CT molecular complexity index is 637. The molecule has 0 spiro atoms. The van der Waals surface area contributed by atoms with Crippen molar-refractivity contribution in [1.29, 1.82) is 0 Å². The Balaban J connectivity index is 1.85. The van der Waals surface area contributed by atoms with Gasteiger partial charge in [-0.25, -0.2) is 4.79 Å². The van der Waals surface area contributed by atoms with Crippen LogP contribution in [-0.2, 0) is 14.3 Å². The van der Waals surface area contributed by atoms with Crippen LogP contribution in [0.15, 0.2) is 18.2 Å². The van der Waals surface area contributed by atoms with Gasteiger partial charge in [0, 0.05) is 18.5 Å². The van der Waals surface area contributed by atoms with Crippen LogP contribution >= 0.6 is 0 Å². The Labute approximate surface area is 142 Å². The van der Waals surface area contributed by atoms with Crippen molar-refractivity contribution in [3.05, 3.63) is 34.9 Å². The minimum atomic E-state index is -0.419. The minimum Gasteiger partial charge on any atom is -0.469 e. The van der Waals surface area contributed by atoms with Gasteiger partial charge in [-0.3, -0.25) is 9.69 Å². The third-order valence-electron chi connectivity index (χ3n) is 5.63. The van der Waals surface area contributed by atoms with Crippen LogP contribution in [0.1, 0.15) is 40.7 Å². The van der Waals surface area contributed by atoms with Crippen LogP contribution in [0, 0.1) is 19.8 Å².